The number of sulfone groups is 1. The van der Waals surface area contributed by atoms with Gasteiger partial charge >= 0.3 is 25.2 Å². The third-order valence-electron chi connectivity index (χ3n) is 9.95. The lowest BCUT2D eigenvalue weighted by Crippen LogP contribution is -2.60. The molecule has 0 bridgehead atoms. The first kappa shape index (κ1) is 49.1. The second kappa shape index (κ2) is 18.6. The molecule has 1 aromatic carbocycles. The van der Waals surface area contributed by atoms with Crippen molar-refractivity contribution >= 4 is 80.1 Å². The van der Waals surface area contributed by atoms with Gasteiger partial charge in [0, 0.05) is 42.6 Å². The lowest BCUT2D eigenvalue weighted by molar-refractivity contribution is -0.163. The molecule has 4 amide bonds. The summed E-state index contributed by atoms with van der Waals surface area (Å²) in [6.45, 7) is 7.88. The molecule has 0 saturated carbocycles. The molecule has 2 aliphatic rings. The van der Waals surface area contributed by atoms with Gasteiger partial charge in [0.15, 0.2) is 0 Å². The van der Waals surface area contributed by atoms with E-state index in [1.165, 1.54) is 70.4 Å². The van der Waals surface area contributed by atoms with E-state index in [0.717, 1.165) is 42.1 Å². The van der Waals surface area contributed by atoms with Gasteiger partial charge in [0.25, 0.3) is 5.91 Å². The van der Waals surface area contributed by atoms with E-state index in [4.69, 9.17) is 18.5 Å². The monoisotopic (exact) mass is 942 g/mol. The van der Waals surface area contributed by atoms with Gasteiger partial charge in [-0.25, -0.2) is 18.4 Å². The Morgan fingerprint density at radius 1 is 0.921 bits per heavy atom. The van der Waals surface area contributed by atoms with Crippen molar-refractivity contribution < 1.29 is 69.1 Å². The van der Waals surface area contributed by atoms with Crippen molar-refractivity contribution in [3.63, 3.8) is 0 Å². The molecule has 5 rings (SSSR count). The summed E-state index contributed by atoms with van der Waals surface area (Å²) in [5, 5.41) is 4.91. The third kappa shape index (κ3) is 11.4. The standard InChI is InChI=1S/C39H49F2N6O13PS2/c1-22(48)46-14-13-26-10-11-28(31(49)44-25-17-42-36(43-18-25)63(8,55)56)47(26)33(51)27(19-46)45-32(50)30-16-23-15-24(9-12-29(23)62-30)39(40,41)61(54,59-20-57-34(52)37(2,3)4)60-21-58-35(53)38(5,6)7/h9,12,15-18,26-28H,10-11,13-14,19-21H2,1-8H3,(H,44,49)(H,45,50)/t26-,27?,28+/m1/s1. The van der Waals surface area contributed by atoms with Gasteiger partial charge in [-0.1, -0.05) is 6.07 Å². The number of amides is 4. The first-order valence-electron chi connectivity index (χ1n) is 19.5. The molecule has 19 nitrogen and oxygen atoms in total. The lowest BCUT2D eigenvalue weighted by atomic mass is 9.98. The van der Waals surface area contributed by atoms with Crippen LogP contribution in [0, 0.1) is 10.8 Å². The van der Waals surface area contributed by atoms with E-state index < -0.39 is 106 Å². The maximum Gasteiger partial charge on any atom is 0.410 e. The third-order valence-corrected chi connectivity index (χ3v) is 13.8. The van der Waals surface area contributed by atoms with E-state index in [-0.39, 0.29) is 41.4 Å². The van der Waals surface area contributed by atoms with Gasteiger partial charge in [-0.05, 0) is 84.4 Å². The number of ether oxygens (including phenoxy) is 2. The van der Waals surface area contributed by atoms with Crippen molar-refractivity contribution in [2.75, 3.05) is 38.2 Å². The predicted octanol–water partition coefficient (Wildman–Crippen LogP) is 4.81. The summed E-state index contributed by atoms with van der Waals surface area (Å²) in [5.41, 5.74) is -7.36. The van der Waals surface area contributed by atoms with E-state index in [1.54, 1.807) is 0 Å². The summed E-state index contributed by atoms with van der Waals surface area (Å²) in [6, 6.07) is 1.53. The maximum atomic E-state index is 16.3. The van der Waals surface area contributed by atoms with Crippen LogP contribution in [0.5, 0.6) is 0 Å². The van der Waals surface area contributed by atoms with Gasteiger partial charge in [0.1, 0.15) is 12.1 Å². The number of rotatable bonds is 13. The number of alkyl halides is 2. The van der Waals surface area contributed by atoms with Crippen LogP contribution in [-0.2, 0) is 62.6 Å². The van der Waals surface area contributed by atoms with Gasteiger partial charge in [-0.3, -0.25) is 42.4 Å². The number of fused-ring (bicyclic) bond motifs is 2. The first-order chi connectivity index (χ1) is 29.1. The molecule has 2 fully saturated rings. The topological polar surface area (TPSA) is 247 Å². The van der Waals surface area contributed by atoms with Crippen LogP contribution in [0.25, 0.3) is 10.1 Å². The molecule has 4 heterocycles. The number of thiophene rings is 1. The average molecular weight is 943 g/mol. The molecule has 1 unspecified atom stereocenters. The zero-order valence-corrected chi connectivity index (χ0v) is 38.3. The van der Waals surface area contributed by atoms with Crippen molar-refractivity contribution in [3.05, 3.63) is 47.1 Å². The zero-order chi connectivity index (χ0) is 46.9. The number of anilines is 1. The fourth-order valence-corrected chi connectivity index (χ4v) is 9.16. The van der Waals surface area contributed by atoms with E-state index in [2.05, 4.69) is 20.6 Å². The van der Waals surface area contributed by atoms with Crippen molar-refractivity contribution in [2.24, 2.45) is 10.8 Å². The second-order valence-electron chi connectivity index (χ2n) is 17.0. The highest BCUT2D eigenvalue weighted by molar-refractivity contribution is 7.90. The molecule has 3 aromatic rings. The van der Waals surface area contributed by atoms with Crippen LogP contribution in [0.15, 0.2) is 41.8 Å². The van der Waals surface area contributed by atoms with Crippen molar-refractivity contribution in [1.82, 2.24) is 25.1 Å². The van der Waals surface area contributed by atoms with Gasteiger partial charge in [-0.15, -0.1) is 11.3 Å². The summed E-state index contributed by atoms with van der Waals surface area (Å²) >= 11 is 0.883. The zero-order valence-electron chi connectivity index (χ0n) is 35.8. The smallest absolute Gasteiger partial charge is 0.410 e. The maximum absolute atomic E-state index is 16.3. The Bertz CT molecular complexity index is 2400. The number of halogens is 2. The molecular formula is C39H49F2N6O13PS2. The molecule has 0 spiro atoms. The molecule has 3 atom stereocenters. The Labute approximate surface area is 366 Å². The number of aromatic nitrogens is 2. The second-order valence-corrected chi connectivity index (χ2v) is 22.1. The quantitative estimate of drug-likeness (QED) is 0.101. The highest BCUT2D eigenvalue weighted by atomic mass is 32.2. The van der Waals surface area contributed by atoms with Crippen molar-refractivity contribution in [2.45, 2.75) is 96.7 Å². The average Bonchev–Trinajstić information content (AvgIpc) is 3.81. The number of nitrogens with one attached hydrogen (secondary N) is 2. The Balaban J connectivity index is 1.38. The number of esters is 2. The molecule has 344 valence electrons. The summed E-state index contributed by atoms with van der Waals surface area (Å²) in [7, 11) is -9.35. The van der Waals surface area contributed by atoms with Crippen LogP contribution in [0.1, 0.15) is 83.0 Å². The predicted molar refractivity (Wildman–Crippen MR) is 222 cm³/mol. The molecule has 63 heavy (non-hydrogen) atoms. The highest BCUT2D eigenvalue weighted by Gasteiger charge is 2.56. The molecule has 0 radical (unpaired) electrons. The molecule has 2 N–H and O–H groups in total. The number of hydrogen-bond acceptors (Lipinski definition) is 16. The summed E-state index contributed by atoms with van der Waals surface area (Å²) in [4.78, 5) is 89.2. The van der Waals surface area contributed by atoms with Crippen LogP contribution in [0.4, 0.5) is 14.5 Å². The normalized spacial score (nSPS) is 18.9. The van der Waals surface area contributed by atoms with Crippen molar-refractivity contribution in [1.29, 1.82) is 0 Å². The molecule has 2 aliphatic heterocycles. The van der Waals surface area contributed by atoms with Gasteiger partial charge in [-0.2, -0.15) is 8.78 Å². The molecular weight excluding hydrogens is 894 g/mol. The fraction of sp³-hybridized carbons (Fsp3) is 0.538. The van der Waals surface area contributed by atoms with E-state index in [0.29, 0.717) is 17.5 Å². The van der Waals surface area contributed by atoms with Crippen LogP contribution in [0.3, 0.4) is 0 Å². The Hall–Kier alpha value is -4.96. The molecule has 24 heteroatoms. The van der Waals surface area contributed by atoms with Gasteiger partial charge in [0.2, 0.25) is 46.3 Å². The van der Waals surface area contributed by atoms with Gasteiger partial charge in [0.05, 0.1) is 33.8 Å². The highest BCUT2D eigenvalue weighted by Crippen LogP contribution is 2.67. The minimum Gasteiger partial charge on any atom is -0.438 e. The minimum absolute atomic E-state index is 0.0293. The van der Waals surface area contributed by atoms with Crippen LogP contribution >= 0.6 is 18.9 Å². The van der Waals surface area contributed by atoms with Crippen molar-refractivity contribution in [3.8, 4) is 0 Å². The molecule has 2 saturated heterocycles. The SMILES string of the molecule is CC(=O)N1CC[C@H]2CC[C@@H](C(=O)Nc3cnc(S(C)(=O)=O)nc3)N2C(=O)C(NC(=O)c2cc3cc(C(F)(F)P(=O)(OCOC(=O)C(C)(C)C)OCOC(=O)C(C)(C)C)ccc3s2)C1. The van der Waals surface area contributed by atoms with Crippen LogP contribution in [0.2, 0.25) is 0 Å². The summed E-state index contributed by atoms with van der Waals surface area (Å²) in [6.07, 6.45) is 4.15. The van der Waals surface area contributed by atoms with E-state index in [1.807, 2.05) is 0 Å². The Kier molecular flexibility index (Phi) is 14.5. The number of carbonyl (C=O) groups excluding carboxylic acids is 6. The Morgan fingerprint density at radius 2 is 1.51 bits per heavy atom. The number of carbonyl (C=O) groups is 6. The number of nitrogens with zero attached hydrogens (tertiary/aromatic N) is 4. The van der Waals surface area contributed by atoms with E-state index >= 15 is 8.78 Å². The summed E-state index contributed by atoms with van der Waals surface area (Å²) < 4.78 is 90.1. The number of benzene rings is 1. The largest absolute Gasteiger partial charge is 0.438 e. The first-order valence-corrected chi connectivity index (χ1v) is 23.7. The summed E-state index contributed by atoms with van der Waals surface area (Å²) in [5.74, 6) is -4.12. The number of hydrogen-bond donors (Lipinski definition) is 2. The van der Waals surface area contributed by atoms with Crippen LogP contribution in [-0.4, -0.2) is 115 Å². The molecule has 2 aromatic heterocycles. The van der Waals surface area contributed by atoms with E-state index in [9.17, 15) is 41.8 Å². The minimum atomic E-state index is -5.65. The Morgan fingerprint density at radius 3 is 2.05 bits per heavy atom. The lowest BCUT2D eigenvalue weighted by Gasteiger charge is -2.38. The fourth-order valence-electron chi connectivity index (χ4n) is 6.48. The van der Waals surface area contributed by atoms with Gasteiger partial charge < -0.3 is 29.9 Å². The van der Waals surface area contributed by atoms with Crippen LogP contribution < -0.4 is 10.6 Å². The molecule has 0 aliphatic carbocycles.